The van der Waals surface area contributed by atoms with Gasteiger partial charge in [0.15, 0.2) is 0 Å². The van der Waals surface area contributed by atoms with Crippen molar-refractivity contribution < 1.29 is 34.8 Å². The third-order valence-corrected chi connectivity index (χ3v) is 13.4. The van der Waals surface area contributed by atoms with Gasteiger partial charge in [-0.15, -0.1) is 0 Å². The molecule has 37 heavy (non-hydrogen) atoms. The van der Waals surface area contributed by atoms with Crippen LogP contribution in [0.2, 0.25) is 0 Å². The Bertz CT molecular complexity index is 1050. The van der Waals surface area contributed by atoms with Gasteiger partial charge in [-0.05, 0) is 118 Å². The molecule has 0 radical (unpaired) electrons. The maximum atomic E-state index is 13.6. The highest BCUT2D eigenvalue weighted by Gasteiger charge is 2.76. The van der Waals surface area contributed by atoms with E-state index in [-0.39, 0.29) is 29.6 Å². The van der Waals surface area contributed by atoms with Crippen LogP contribution in [0.1, 0.15) is 91.9 Å². The van der Waals surface area contributed by atoms with E-state index in [4.69, 9.17) is 0 Å². The molecule has 5 fully saturated rings. The van der Waals surface area contributed by atoms with Crippen LogP contribution in [0.4, 0.5) is 0 Å². The molecule has 5 rings (SSSR count). The molecule has 7 heteroatoms. The Hall–Kier alpha value is -1.89. The molecule has 0 spiro atoms. The minimum atomic E-state index is -1.26. The van der Waals surface area contributed by atoms with E-state index in [1.54, 1.807) is 6.92 Å². The number of aliphatic hydroxyl groups excluding tert-OH is 1. The summed E-state index contributed by atoms with van der Waals surface area (Å²) in [5.74, 6) is -3.30. The number of hydrogen-bond acceptors (Lipinski definition) is 4. The Labute approximate surface area is 219 Å². The van der Waals surface area contributed by atoms with Gasteiger partial charge in [-0.25, -0.2) is 0 Å². The van der Waals surface area contributed by atoms with Crippen LogP contribution in [0, 0.1) is 56.7 Å². The minimum absolute atomic E-state index is 0.000663. The second kappa shape index (κ2) is 8.06. The average Bonchev–Trinajstić information content (AvgIpc) is 3.23. The molecule has 0 aliphatic heterocycles. The molecule has 4 N–H and O–H groups in total. The first-order chi connectivity index (χ1) is 17.1. The van der Waals surface area contributed by atoms with Crippen molar-refractivity contribution >= 4 is 17.9 Å². The maximum Gasteiger partial charge on any atom is 0.312 e. The number of hydrogen-bond donors (Lipinski definition) is 4. The fraction of sp³-hybridized carbons (Fsp3) is 0.833. The summed E-state index contributed by atoms with van der Waals surface area (Å²) in [6.45, 7) is 12.1. The molecule has 0 aromatic carbocycles. The van der Waals surface area contributed by atoms with E-state index in [1.165, 1.54) is 0 Å². The van der Waals surface area contributed by atoms with Crippen molar-refractivity contribution in [2.75, 3.05) is 0 Å². The summed E-state index contributed by atoms with van der Waals surface area (Å²) >= 11 is 0. The molecule has 11 atom stereocenters. The van der Waals surface area contributed by atoms with E-state index in [1.807, 2.05) is 6.92 Å². The first kappa shape index (κ1) is 26.7. The summed E-state index contributed by atoms with van der Waals surface area (Å²) < 4.78 is 0. The summed E-state index contributed by atoms with van der Waals surface area (Å²) in [4.78, 5) is 38.9. The molecule has 0 bridgehead atoms. The van der Waals surface area contributed by atoms with E-state index in [0.29, 0.717) is 51.4 Å². The molecule has 0 saturated heterocycles. The summed E-state index contributed by atoms with van der Waals surface area (Å²) in [6.07, 6.45) is 4.75. The van der Waals surface area contributed by atoms with Crippen molar-refractivity contribution in [2.45, 2.75) is 98.0 Å². The third-order valence-electron chi connectivity index (χ3n) is 13.4. The highest BCUT2D eigenvalue weighted by atomic mass is 16.4. The van der Waals surface area contributed by atoms with Gasteiger partial charge in [-0.3, -0.25) is 14.4 Å². The molecular weight excluding hydrogens is 472 g/mol. The molecule has 206 valence electrons. The molecule has 0 heterocycles. The lowest BCUT2D eigenvalue weighted by Gasteiger charge is -2.71. The number of rotatable bonds is 4. The van der Waals surface area contributed by atoms with Crippen LogP contribution >= 0.6 is 0 Å². The minimum Gasteiger partial charge on any atom is -0.481 e. The van der Waals surface area contributed by atoms with Gasteiger partial charge >= 0.3 is 17.9 Å². The smallest absolute Gasteiger partial charge is 0.312 e. The lowest BCUT2D eigenvalue weighted by atomic mass is 9.31. The molecule has 5 aliphatic rings. The lowest BCUT2D eigenvalue weighted by molar-refractivity contribution is -0.257. The van der Waals surface area contributed by atoms with Gasteiger partial charge in [-0.2, -0.15) is 0 Å². The molecule has 5 aliphatic carbocycles. The molecule has 0 aromatic rings. The standard InChI is InChI=1S/C30H44O7/c1-16(2)17-8-13-29(24(34)35)14-15-30(25(36)37)18(22(17)29)6-7-19-26(3)11-10-21(31)28(5,23(32)33)20(26)9-12-27(19,30)4/h17-22,31H,1,6-15H2,2-5H3,(H,32,33)(H,34,35)(H,36,37)/t17-,18+,19-,20-,21+,22+,26+,27+,28+,29-,30+/m1/s1. The van der Waals surface area contributed by atoms with Gasteiger partial charge in [0.25, 0.3) is 0 Å². The number of aliphatic hydroxyl groups is 1. The van der Waals surface area contributed by atoms with Crippen molar-refractivity contribution in [2.24, 2.45) is 56.7 Å². The van der Waals surface area contributed by atoms with Gasteiger partial charge in [-0.1, -0.05) is 26.0 Å². The highest BCUT2D eigenvalue weighted by molar-refractivity contribution is 5.81. The summed E-state index contributed by atoms with van der Waals surface area (Å²) in [5, 5.41) is 42.7. The number of allylic oxidation sites excluding steroid dienone is 1. The molecule has 7 nitrogen and oxygen atoms in total. The van der Waals surface area contributed by atoms with Crippen molar-refractivity contribution in [3.63, 3.8) is 0 Å². The van der Waals surface area contributed by atoms with E-state index in [2.05, 4.69) is 20.4 Å². The van der Waals surface area contributed by atoms with Crippen LogP contribution in [0.5, 0.6) is 0 Å². The quantitative estimate of drug-likeness (QED) is 0.377. The van der Waals surface area contributed by atoms with E-state index >= 15 is 0 Å². The summed E-state index contributed by atoms with van der Waals surface area (Å²) in [7, 11) is 0. The summed E-state index contributed by atoms with van der Waals surface area (Å²) in [6, 6.07) is 0. The van der Waals surface area contributed by atoms with Crippen LogP contribution in [0.25, 0.3) is 0 Å². The number of fused-ring (bicyclic) bond motifs is 7. The Kier molecular flexibility index (Phi) is 5.82. The SMILES string of the molecule is C=C(C)[C@H]1CC[C@@]2(C(=O)O)CC[C@@]3(C(=O)O)[C@@H](CC[C@@H]4[C@]5(C)CC[C@H](O)[C@@](C)(C(=O)O)[C@@H]5CC[C@@]43C)[C@H]12. The molecule has 0 unspecified atom stereocenters. The third kappa shape index (κ3) is 2.95. The van der Waals surface area contributed by atoms with Gasteiger partial charge in [0.2, 0.25) is 0 Å². The number of aliphatic carboxylic acids is 3. The predicted molar refractivity (Wildman–Crippen MR) is 137 cm³/mol. The maximum absolute atomic E-state index is 13.6. The predicted octanol–water partition coefficient (Wildman–Crippen LogP) is 5.22. The highest BCUT2D eigenvalue weighted by Crippen LogP contribution is 2.77. The number of carbonyl (C=O) groups is 3. The van der Waals surface area contributed by atoms with Crippen molar-refractivity contribution in [3.8, 4) is 0 Å². The van der Waals surface area contributed by atoms with Crippen molar-refractivity contribution in [1.82, 2.24) is 0 Å². The largest absolute Gasteiger partial charge is 0.481 e. The van der Waals surface area contributed by atoms with Gasteiger partial charge in [0, 0.05) is 0 Å². The Morgan fingerprint density at radius 2 is 1.43 bits per heavy atom. The lowest BCUT2D eigenvalue weighted by Crippen LogP contribution is -2.70. The fourth-order valence-electron chi connectivity index (χ4n) is 11.6. The van der Waals surface area contributed by atoms with E-state index in [0.717, 1.165) is 18.4 Å². The van der Waals surface area contributed by atoms with Crippen molar-refractivity contribution in [1.29, 1.82) is 0 Å². The van der Waals surface area contributed by atoms with Gasteiger partial charge in [0.1, 0.15) is 0 Å². The van der Waals surface area contributed by atoms with Crippen molar-refractivity contribution in [3.05, 3.63) is 12.2 Å². The zero-order valence-corrected chi connectivity index (χ0v) is 22.8. The topological polar surface area (TPSA) is 132 Å². The molecule has 5 saturated carbocycles. The zero-order valence-electron chi connectivity index (χ0n) is 22.8. The van der Waals surface area contributed by atoms with E-state index < -0.39 is 51.1 Å². The van der Waals surface area contributed by atoms with Crippen LogP contribution < -0.4 is 0 Å². The average molecular weight is 517 g/mol. The zero-order chi connectivity index (χ0) is 27.3. The number of carboxylic acids is 3. The van der Waals surface area contributed by atoms with E-state index in [9.17, 15) is 34.8 Å². The second-order valence-electron chi connectivity index (χ2n) is 14.1. The van der Waals surface area contributed by atoms with Gasteiger partial charge in [0.05, 0.1) is 22.3 Å². The molecule has 0 aromatic heterocycles. The fourth-order valence-corrected chi connectivity index (χ4v) is 11.6. The first-order valence-corrected chi connectivity index (χ1v) is 14.2. The second-order valence-corrected chi connectivity index (χ2v) is 14.1. The van der Waals surface area contributed by atoms with Crippen LogP contribution in [0.3, 0.4) is 0 Å². The molecule has 0 amide bonds. The Balaban J connectivity index is 1.64. The van der Waals surface area contributed by atoms with Crippen LogP contribution in [-0.2, 0) is 14.4 Å². The summed E-state index contributed by atoms with van der Waals surface area (Å²) in [5.41, 5.74) is -3.24. The monoisotopic (exact) mass is 516 g/mol. The normalized spacial score (nSPS) is 52.7. The number of carboxylic acid groups (broad SMARTS) is 3. The molecular formula is C30H44O7. The van der Waals surface area contributed by atoms with Crippen LogP contribution in [0.15, 0.2) is 12.2 Å². The first-order valence-electron chi connectivity index (χ1n) is 14.2. The Morgan fingerprint density at radius 1 is 0.757 bits per heavy atom. The Morgan fingerprint density at radius 3 is 2.00 bits per heavy atom. The van der Waals surface area contributed by atoms with Crippen LogP contribution in [-0.4, -0.2) is 44.4 Å². The van der Waals surface area contributed by atoms with Gasteiger partial charge < -0.3 is 20.4 Å².